The fourth-order valence-corrected chi connectivity index (χ4v) is 3.83. The molecule has 1 N–H and O–H groups in total. The minimum Gasteiger partial charge on any atom is -0.357 e. The Kier molecular flexibility index (Phi) is 9.58. The molecule has 0 amide bonds. The van der Waals surface area contributed by atoms with Crippen molar-refractivity contribution in [3.05, 3.63) is 0 Å². The van der Waals surface area contributed by atoms with Crippen LogP contribution in [-0.2, 0) is 9.84 Å². The number of nitrogens with one attached hydrogen (secondary N) is 1. The topological polar surface area (TPSA) is 61.8 Å². The van der Waals surface area contributed by atoms with E-state index < -0.39 is 9.84 Å². The van der Waals surface area contributed by atoms with Crippen LogP contribution in [0.5, 0.6) is 0 Å². The van der Waals surface area contributed by atoms with Crippen LogP contribution in [0.15, 0.2) is 4.99 Å². The zero-order chi connectivity index (χ0) is 15.2. The van der Waals surface area contributed by atoms with Gasteiger partial charge in [0, 0.05) is 35.9 Å². The summed E-state index contributed by atoms with van der Waals surface area (Å²) in [5, 5.41) is 3.27. The smallest absolute Gasteiger partial charge is 0.194 e. The Morgan fingerprint density at radius 1 is 1.38 bits per heavy atom. The summed E-state index contributed by atoms with van der Waals surface area (Å²) in [4.78, 5) is 6.71. The molecule has 1 aliphatic heterocycles. The van der Waals surface area contributed by atoms with Crippen molar-refractivity contribution in [3.8, 4) is 0 Å². The van der Waals surface area contributed by atoms with Gasteiger partial charge in [-0.25, -0.2) is 8.42 Å². The molecule has 1 heterocycles. The van der Waals surface area contributed by atoms with Gasteiger partial charge in [0.05, 0.1) is 12.3 Å². The number of hydrogen-bond donors (Lipinski definition) is 1. The molecule has 0 aromatic carbocycles. The molecule has 1 saturated heterocycles. The molecule has 126 valence electrons. The second-order valence-corrected chi connectivity index (χ2v) is 9.78. The summed E-state index contributed by atoms with van der Waals surface area (Å²) >= 11 is 1.97. The van der Waals surface area contributed by atoms with Gasteiger partial charge in [-0.3, -0.25) is 4.99 Å². The van der Waals surface area contributed by atoms with E-state index in [4.69, 9.17) is 0 Å². The van der Waals surface area contributed by atoms with Gasteiger partial charge in [0.25, 0.3) is 0 Å². The first-order valence-electron chi connectivity index (χ1n) is 7.17. The molecule has 0 radical (unpaired) electrons. The molecule has 0 saturated carbocycles. The van der Waals surface area contributed by atoms with Crippen molar-refractivity contribution in [1.29, 1.82) is 0 Å². The third-order valence-electron chi connectivity index (χ3n) is 3.16. The van der Waals surface area contributed by atoms with Gasteiger partial charge in [-0.15, -0.1) is 24.0 Å². The van der Waals surface area contributed by atoms with Gasteiger partial charge in [-0.2, -0.15) is 11.8 Å². The van der Waals surface area contributed by atoms with Crippen molar-refractivity contribution in [2.75, 3.05) is 43.4 Å². The van der Waals surface area contributed by atoms with Crippen molar-refractivity contribution in [1.82, 2.24) is 10.2 Å². The highest BCUT2D eigenvalue weighted by Gasteiger charge is 2.28. The van der Waals surface area contributed by atoms with Crippen molar-refractivity contribution < 1.29 is 8.42 Å². The second kappa shape index (κ2) is 9.44. The van der Waals surface area contributed by atoms with Crippen LogP contribution in [-0.4, -0.2) is 67.5 Å². The minimum atomic E-state index is -2.94. The summed E-state index contributed by atoms with van der Waals surface area (Å²) in [5.74, 6) is 2.23. The average Bonchev–Trinajstić information content (AvgIpc) is 2.36. The number of halogens is 1. The van der Waals surface area contributed by atoms with E-state index in [1.54, 1.807) is 6.92 Å². The molecule has 0 aromatic heterocycles. The molecular weight excluding hydrogens is 421 g/mol. The minimum absolute atomic E-state index is 0. The summed E-state index contributed by atoms with van der Waals surface area (Å²) in [7, 11) is -2.94. The third-order valence-corrected chi connectivity index (χ3v) is 6.15. The van der Waals surface area contributed by atoms with Gasteiger partial charge in [0.1, 0.15) is 0 Å². The first kappa shape index (κ1) is 21.3. The van der Waals surface area contributed by atoms with E-state index in [0.29, 0.717) is 6.54 Å². The van der Waals surface area contributed by atoms with Gasteiger partial charge in [-0.1, -0.05) is 6.92 Å². The molecule has 0 unspecified atom stereocenters. The Morgan fingerprint density at radius 2 is 2.05 bits per heavy atom. The average molecular weight is 449 g/mol. The number of sulfone groups is 1. The summed E-state index contributed by atoms with van der Waals surface area (Å²) in [6.45, 7) is 11.2. The SMILES string of the molecule is CCNC(=NCCS(=O)(=O)CC)N1CCSC(C)(C)C1.I. The predicted octanol–water partition coefficient (Wildman–Crippen LogP) is 1.83. The largest absolute Gasteiger partial charge is 0.357 e. The Morgan fingerprint density at radius 3 is 2.57 bits per heavy atom. The second-order valence-electron chi connectivity index (χ2n) is 5.50. The van der Waals surface area contributed by atoms with Gasteiger partial charge in [0.15, 0.2) is 15.8 Å². The van der Waals surface area contributed by atoms with E-state index in [2.05, 4.69) is 29.1 Å². The molecule has 0 atom stereocenters. The molecule has 0 aliphatic carbocycles. The van der Waals surface area contributed by atoms with Gasteiger partial charge in [0.2, 0.25) is 0 Å². The maximum absolute atomic E-state index is 11.5. The van der Waals surface area contributed by atoms with Crippen molar-refractivity contribution >= 4 is 51.5 Å². The highest BCUT2D eigenvalue weighted by Crippen LogP contribution is 2.29. The Balaban J connectivity index is 0.00000400. The van der Waals surface area contributed by atoms with E-state index in [1.807, 2.05) is 18.7 Å². The lowest BCUT2D eigenvalue weighted by Crippen LogP contribution is -2.51. The molecule has 8 heteroatoms. The lowest BCUT2D eigenvalue weighted by Gasteiger charge is -2.39. The highest BCUT2D eigenvalue weighted by molar-refractivity contribution is 14.0. The van der Waals surface area contributed by atoms with Crippen LogP contribution in [0.25, 0.3) is 0 Å². The van der Waals surface area contributed by atoms with E-state index in [-0.39, 0.29) is 40.2 Å². The van der Waals surface area contributed by atoms with Crippen LogP contribution in [0.1, 0.15) is 27.7 Å². The molecular formula is C13H28IN3O2S2. The molecule has 0 bridgehead atoms. The lowest BCUT2D eigenvalue weighted by atomic mass is 10.2. The number of nitrogens with zero attached hydrogens (tertiary/aromatic N) is 2. The number of guanidine groups is 1. The van der Waals surface area contributed by atoms with Crippen molar-refractivity contribution in [2.45, 2.75) is 32.4 Å². The molecule has 1 fully saturated rings. The first-order chi connectivity index (χ1) is 9.29. The van der Waals surface area contributed by atoms with E-state index in [9.17, 15) is 8.42 Å². The summed E-state index contributed by atoms with van der Waals surface area (Å²) < 4.78 is 23.2. The fraction of sp³-hybridized carbons (Fsp3) is 0.923. The predicted molar refractivity (Wildman–Crippen MR) is 104 cm³/mol. The first-order valence-corrected chi connectivity index (χ1v) is 9.98. The molecule has 0 spiro atoms. The van der Waals surface area contributed by atoms with Crippen LogP contribution in [0.4, 0.5) is 0 Å². The Labute approximate surface area is 150 Å². The van der Waals surface area contributed by atoms with Crippen LogP contribution in [0.3, 0.4) is 0 Å². The van der Waals surface area contributed by atoms with Crippen LogP contribution < -0.4 is 5.32 Å². The fourth-order valence-electron chi connectivity index (χ4n) is 2.06. The molecule has 5 nitrogen and oxygen atoms in total. The normalized spacial score (nSPS) is 19.0. The maximum Gasteiger partial charge on any atom is 0.194 e. The zero-order valence-electron chi connectivity index (χ0n) is 13.4. The van der Waals surface area contributed by atoms with Gasteiger partial charge < -0.3 is 10.2 Å². The number of hydrogen-bond acceptors (Lipinski definition) is 4. The Hall–Kier alpha value is 0.300. The maximum atomic E-state index is 11.5. The lowest BCUT2D eigenvalue weighted by molar-refractivity contribution is 0.376. The third kappa shape index (κ3) is 7.92. The van der Waals surface area contributed by atoms with E-state index in [0.717, 1.165) is 31.3 Å². The van der Waals surface area contributed by atoms with Crippen molar-refractivity contribution in [3.63, 3.8) is 0 Å². The number of thioether (sulfide) groups is 1. The van der Waals surface area contributed by atoms with Crippen LogP contribution in [0, 0.1) is 0 Å². The molecule has 0 aromatic rings. The quantitative estimate of drug-likeness (QED) is 0.394. The van der Waals surface area contributed by atoms with Crippen LogP contribution in [0.2, 0.25) is 0 Å². The number of aliphatic imine (C=N–C) groups is 1. The zero-order valence-corrected chi connectivity index (χ0v) is 17.3. The monoisotopic (exact) mass is 449 g/mol. The van der Waals surface area contributed by atoms with Crippen LogP contribution >= 0.6 is 35.7 Å². The van der Waals surface area contributed by atoms with Gasteiger partial charge >= 0.3 is 0 Å². The van der Waals surface area contributed by atoms with Crippen molar-refractivity contribution in [2.24, 2.45) is 4.99 Å². The Bertz CT molecular complexity index is 439. The summed E-state index contributed by atoms with van der Waals surface area (Å²) in [6.07, 6.45) is 0. The summed E-state index contributed by atoms with van der Waals surface area (Å²) in [5.41, 5.74) is 0. The highest BCUT2D eigenvalue weighted by atomic mass is 127. The standard InChI is InChI=1S/C13H27N3O2S2.HI/c1-5-14-12(15-7-10-20(17,18)6-2)16-8-9-19-13(3,4)11-16;/h5-11H2,1-4H3,(H,14,15);1H. The number of rotatable bonds is 5. The molecule has 21 heavy (non-hydrogen) atoms. The summed E-state index contributed by atoms with van der Waals surface area (Å²) in [6, 6.07) is 0. The van der Waals surface area contributed by atoms with Gasteiger partial charge in [-0.05, 0) is 20.8 Å². The molecule has 1 aliphatic rings. The van der Waals surface area contributed by atoms with E-state index in [1.165, 1.54) is 0 Å². The van der Waals surface area contributed by atoms with E-state index >= 15 is 0 Å². The molecule has 1 rings (SSSR count).